The van der Waals surface area contributed by atoms with Gasteiger partial charge in [-0.1, -0.05) is 12.1 Å². The summed E-state index contributed by atoms with van der Waals surface area (Å²) < 4.78 is 16.6. The fraction of sp³-hybridized carbons (Fsp3) is 0.429. The van der Waals surface area contributed by atoms with Crippen LogP contribution in [0.15, 0.2) is 27.5 Å². The lowest BCUT2D eigenvalue weighted by Crippen LogP contribution is -2.21. The summed E-state index contributed by atoms with van der Waals surface area (Å²) in [6.07, 6.45) is 2.98. The first-order valence-electron chi connectivity index (χ1n) is 6.64. The molecule has 0 aliphatic heterocycles. The topological polar surface area (TPSA) is 83.4 Å². The lowest BCUT2D eigenvalue weighted by molar-refractivity contribution is 0.268. The van der Waals surface area contributed by atoms with E-state index in [0.29, 0.717) is 17.3 Å². The number of halogens is 1. The van der Waals surface area contributed by atoms with Gasteiger partial charge in [0.15, 0.2) is 18.1 Å². The summed E-state index contributed by atoms with van der Waals surface area (Å²) >= 11 is 3.50. The first-order valence-corrected chi connectivity index (χ1v) is 7.43. The highest BCUT2D eigenvalue weighted by molar-refractivity contribution is 9.10. The molecule has 0 radical (unpaired) electrons. The predicted molar refractivity (Wildman–Crippen MR) is 81.3 cm³/mol. The number of aromatic nitrogens is 2. The Balaban J connectivity index is 2.16. The quantitative estimate of drug-likeness (QED) is 0.821. The van der Waals surface area contributed by atoms with Crippen molar-refractivity contribution in [3.05, 3.63) is 34.4 Å². The number of nitrogens with two attached hydrogens (primary N) is 1. The summed E-state index contributed by atoms with van der Waals surface area (Å²) in [5.74, 6) is 1.73. The zero-order chi connectivity index (χ0) is 15.2. The van der Waals surface area contributed by atoms with Gasteiger partial charge in [0, 0.05) is 6.04 Å². The standard InChI is InChI=1S/C14H18BrN3O3/c1-3-10(16)4-9-5-11(15)14(12(6-9)19-2)20-7-13-17-8-21-18-13/h5-6,8,10H,3-4,7,16H2,1-2H3. The smallest absolute Gasteiger partial charge is 0.213 e. The molecule has 0 aliphatic rings. The third-order valence-electron chi connectivity index (χ3n) is 3.06. The lowest BCUT2D eigenvalue weighted by atomic mass is 10.0. The monoisotopic (exact) mass is 355 g/mol. The summed E-state index contributed by atoms with van der Waals surface area (Å²) in [7, 11) is 1.60. The fourth-order valence-electron chi connectivity index (χ4n) is 1.87. The maximum Gasteiger partial charge on any atom is 0.213 e. The first-order chi connectivity index (χ1) is 10.1. The Bertz CT molecular complexity index is 575. The largest absolute Gasteiger partial charge is 0.493 e. The van der Waals surface area contributed by atoms with Gasteiger partial charge >= 0.3 is 0 Å². The van der Waals surface area contributed by atoms with Crippen molar-refractivity contribution in [3.63, 3.8) is 0 Å². The van der Waals surface area contributed by atoms with Crippen molar-refractivity contribution in [2.24, 2.45) is 5.73 Å². The predicted octanol–water partition coefficient (Wildman–Crippen LogP) is 2.70. The van der Waals surface area contributed by atoms with Gasteiger partial charge in [-0.3, -0.25) is 0 Å². The van der Waals surface area contributed by atoms with Crippen molar-refractivity contribution in [1.82, 2.24) is 10.1 Å². The van der Waals surface area contributed by atoms with Crippen LogP contribution in [0.5, 0.6) is 11.5 Å². The average molecular weight is 356 g/mol. The van der Waals surface area contributed by atoms with Crippen LogP contribution in [0.2, 0.25) is 0 Å². The van der Waals surface area contributed by atoms with Crippen LogP contribution in [0, 0.1) is 0 Å². The molecule has 1 aromatic heterocycles. The van der Waals surface area contributed by atoms with Gasteiger partial charge in [0.05, 0.1) is 11.6 Å². The van der Waals surface area contributed by atoms with E-state index in [0.717, 1.165) is 22.9 Å². The fourth-order valence-corrected chi connectivity index (χ4v) is 2.47. The molecular weight excluding hydrogens is 338 g/mol. The molecule has 2 rings (SSSR count). The molecule has 0 saturated heterocycles. The Morgan fingerprint density at radius 2 is 2.24 bits per heavy atom. The van der Waals surface area contributed by atoms with Crippen molar-refractivity contribution in [2.75, 3.05) is 7.11 Å². The summed E-state index contributed by atoms with van der Waals surface area (Å²) in [5.41, 5.74) is 7.09. The highest BCUT2D eigenvalue weighted by atomic mass is 79.9. The Kier molecular flexibility index (Phi) is 5.58. The summed E-state index contributed by atoms with van der Waals surface area (Å²) in [6, 6.07) is 4.06. The minimum Gasteiger partial charge on any atom is -0.493 e. The Labute approximate surface area is 131 Å². The van der Waals surface area contributed by atoms with Crippen molar-refractivity contribution in [2.45, 2.75) is 32.4 Å². The Morgan fingerprint density at radius 1 is 1.43 bits per heavy atom. The van der Waals surface area contributed by atoms with E-state index in [1.807, 2.05) is 12.1 Å². The average Bonchev–Trinajstić information content (AvgIpc) is 2.98. The molecule has 1 atom stereocenters. The van der Waals surface area contributed by atoms with Crippen LogP contribution >= 0.6 is 15.9 Å². The number of nitrogens with zero attached hydrogens (tertiary/aromatic N) is 2. The second-order valence-corrected chi connectivity index (χ2v) is 5.47. The van der Waals surface area contributed by atoms with E-state index in [4.69, 9.17) is 15.2 Å². The summed E-state index contributed by atoms with van der Waals surface area (Å²) in [6.45, 7) is 2.28. The second-order valence-electron chi connectivity index (χ2n) is 4.62. The van der Waals surface area contributed by atoms with Gasteiger partial charge < -0.3 is 19.7 Å². The van der Waals surface area contributed by atoms with Gasteiger partial charge in [0.1, 0.15) is 0 Å². The molecule has 0 fully saturated rings. The van der Waals surface area contributed by atoms with E-state index >= 15 is 0 Å². The molecule has 1 heterocycles. The molecule has 1 aromatic carbocycles. The van der Waals surface area contributed by atoms with Gasteiger partial charge in [-0.2, -0.15) is 4.98 Å². The summed E-state index contributed by atoms with van der Waals surface area (Å²) in [5, 5.41) is 3.70. The number of hydrogen-bond donors (Lipinski definition) is 1. The molecular formula is C14H18BrN3O3. The number of rotatable bonds is 7. The Hall–Kier alpha value is -1.60. The van der Waals surface area contributed by atoms with E-state index < -0.39 is 0 Å². The van der Waals surface area contributed by atoms with Crippen LogP contribution in [0.25, 0.3) is 0 Å². The van der Waals surface area contributed by atoms with Crippen LogP contribution < -0.4 is 15.2 Å². The van der Waals surface area contributed by atoms with Crippen molar-refractivity contribution >= 4 is 15.9 Å². The molecule has 0 amide bonds. The highest BCUT2D eigenvalue weighted by Gasteiger charge is 2.14. The second kappa shape index (κ2) is 7.42. The van der Waals surface area contributed by atoms with E-state index in [1.165, 1.54) is 6.39 Å². The van der Waals surface area contributed by atoms with Crippen molar-refractivity contribution < 1.29 is 14.0 Å². The van der Waals surface area contributed by atoms with Gasteiger partial charge in [0.2, 0.25) is 12.2 Å². The lowest BCUT2D eigenvalue weighted by Gasteiger charge is -2.15. The summed E-state index contributed by atoms with van der Waals surface area (Å²) in [4.78, 5) is 3.91. The molecule has 7 heteroatoms. The maximum atomic E-state index is 5.99. The third kappa shape index (κ3) is 4.18. The zero-order valence-corrected chi connectivity index (χ0v) is 13.6. The van der Waals surface area contributed by atoms with Gasteiger partial charge in [0.25, 0.3) is 0 Å². The molecule has 2 aromatic rings. The third-order valence-corrected chi connectivity index (χ3v) is 3.65. The van der Waals surface area contributed by atoms with Crippen LogP contribution in [-0.2, 0) is 13.0 Å². The molecule has 6 nitrogen and oxygen atoms in total. The van der Waals surface area contributed by atoms with E-state index in [2.05, 4.69) is 37.5 Å². The van der Waals surface area contributed by atoms with Crippen LogP contribution in [-0.4, -0.2) is 23.3 Å². The van der Waals surface area contributed by atoms with E-state index in [1.54, 1.807) is 7.11 Å². The number of methoxy groups -OCH3 is 1. The Morgan fingerprint density at radius 3 is 2.86 bits per heavy atom. The van der Waals surface area contributed by atoms with E-state index in [9.17, 15) is 0 Å². The zero-order valence-electron chi connectivity index (χ0n) is 12.0. The normalized spacial score (nSPS) is 12.2. The molecule has 0 spiro atoms. The van der Waals surface area contributed by atoms with E-state index in [-0.39, 0.29) is 12.6 Å². The van der Waals surface area contributed by atoms with Crippen LogP contribution in [0.3, 0.4) is 0 Å². The molecule has 0 saturated carbocycles. The van der Waals surface area contributed by atoms with Gasteiger partial charge in [-0.05, 0) is 46.5 Å². The SMILES string of the molecule is CCC(N)Cc1cc(Br)c(OCc2ncon2)c(OC)c1. The van der Waals surface area contributed by atoms with Crippen molar-refractivity contribution in [3.8, 4) is 11.5 Å². The number of ether oxygens (including phenoxy) is 2. The molecule has 2 N–H and O–H groups in total. The minimum atomic E-state index is 0.132. The first kappa shape index (κ1) is 15.8. The highest BCUT2D eigenvalue weighted by Crippen LogP contribution is 2.37. The molecule has 0 bridgehead atoms. The molecule has 21 heavy (non-hydrogen) atoms. The van der Waals surface area contributed by atoms with Crippen molar-refractivity contribution in [1.29, 1.82) is 0 Å². The maximum absolute atomic E-state index is 5.99. The van der Waals surface area contributed by atoms with Crippen LogP contribution in [0.4, 0.5) is 0 Å². The molecule has 1 unspecified atom stereocenters. The number of benzene rings is 1. The number of hydrogen-bond acceptors (Lipinski definition) is 6. The molecule has 114 valence electrons. The van der Waals surface area contributed by atoms with Crippen LogP contribution in [0.1, 0.15) is 24.7 Å². The van der Waals surface area contributed by atoms with Gasteiger partial charge in [-0.25, -0.2) is 0 Å². The van der Waals surface area contributed by atoms with Gasteiger partial charge in [-0.15, -0.1) is 0 Å². The minimum absolute atomic E-state index is 0.132. The molecule has 0 aliphatic carbocycles.